The van der Waals surface area contributed by atoms with Crippen LogP contribution in [0.4, 0.5) is 0 Å². The molecule has 0 spiro atoms. The molecule has 23 heavy (non-hydrogen) atoms. The van der Waals surface area contributed by atoms with Crippen molar-refractivity contribution in [1.29, 1.82) is 0 Å². The Labute approximate surface area is 136 Å². The van der Waals surface area contributed by atoms with E-state index in [4.69, 9.17) is 0 Å². The van der Waals surface area contributed by atoms with E-state index in [0.717, 1.165) is 10.8 Å². The zero-order valence-corrected chi connectivity index (χ0v) is 13.7. The fourth-order valence-corrected chi connectivity index (χ4v) is 4.09. The molecule has 0 aromatic heterocycles. The molecule has 0 aliphatic carbocycles. The van der Waals surface area contributed by atoms with E-state index in [0.29, 0.717) is 11.1 Å². The molecular weight excluding hydrogens is 334 g/mol. The number of hydrogen-bond acceptors (Lipinski definition) is 4. The van der Waals surface area contributed by atoms with Gasteiger partial charge in [-0.2, -0.15) is 0 Å². The van der Waals surface area contributed by atoms with Crippen LogP contribution in [0.5, 0.6) is 0 Å². The van der Waals surface area contributed by atoms with Gasteiger partial charge in [0, 0.05) is 10.8 Å². The van der Waals surface area contributed by atoms with E-state index in [1.165, 1.54) is 12.2 Å². The van der Waals surface area contributed by atoms with Crippen molar-refractivity contribution < 1.29 is 16.8 Å². The number of benzene rings is 2. The lowest BCUT2D eigenvalue weighted by molar-refractivity contribution is 0.587. The third-order valence-electron chi connectivity index (χ3n) is 2.71. The van der Waals surface area contributed by atoms with Crippen LogP contribution in [0.2, 0.25) is 0 Å². The van der Waals surface area contributed by atoms with Crippen molar-refractivity contribution in [3.63, 3.8) is 0 Å². The maximum atomic E-state index is 11.8. The van der Waals surface area contributed by atoms with Crippen LogP contribution in [0.25, 0.3) is 12.2 Å². The molecule has 7 heteroatoms. The number of sulfonamides is 2. The largest absolute Gasteiger partial charge is 0.246 e. The second kappa shape index (κ2) is 7.36. The fraction of sp³-hybridized carbons (Fsp3) is 0. The second-order valence-electron chi connectivity index (χ2n) is 4.60. The van der Waals surface area contributed by atoms with Gasteiger partial charge in [-0.15, -0.1) is 4.13 Å². The molecule has 1 N–H and O–H groups in total. The van der Waals surface area contributed by atoms with E-state index >= 15 is 0 Å². The van der Waals surface area contributed by atoms with Crippen molar-refractivity contribution in [3.05, 3.63) is 82.6 Å². The molecule has 2 aromatic rings. The Morgan fingerprint density at radius 2 is 0.957 bits per heavy atom. The molecular formula is C16H15NO4S2. The SMILES string of the molecule is O=S(=O)(C=Cc1ccccc1)NS(=O)(=O)C=Cc1ccccc1. The third-order valence-corrected chi connectivity index (χ3v) is 5.56. The van der Waals surface area contributed by atoms with Crippen molar-refractivity contribution in [2.75, 3.05) is 0 Å². The Kier molecular flexibility index (Phi) is 5.49. The van der Waals surface area contributed by atoms with E-state index in [1.807, 2.05) is 0 Å². The highest BCUT2D eigenvalue weighted by Crippen LogP contribution is 2.06. The maximum absolute atomic E-state index is 11.8. The standard InChI is InChI=1S/C16H15NO4S2/c18-22(19,13-11-15-7-3-1-4-8-15)17-23(20,21)14-12-16-9-5-2-6-10-16/h1-14,17H. The highest BCUT2D eigenvalue weighted by molar-refractivity contribution is 8.07. The fourth-order valence-electron chi connectivity index (χ4n) is 1.68. The Morgan fingerprint density at radius 3 is 1.30 bits per heavy atom. The Balaban J connectivity index is 2.10. The number of nitrogens with one attached hydrogen (secondary N) is 1. The normalized spacial score (nSPS) is 12.9. The van der Waals surface area contributed by atoms with Crippen LogP contribution < -0.4 is 4.13 Å². The molecule has 0 unspecified atom stereocenters. The minimum Gasteiger partial charge on any atom is -0.207 e. The molecule has 0 radical (unpaired) electrons. The van der Waals surface area contributed by atoms with E-state index in [1.54, 1.807) is 64.8 Å². The summed E-state index contributed by atoms with van der Waals surface area (Å²) in [6.45, 7) is 0. The molecule has 0 aliphatic heterocycles. The molecule has 0 saturated carbocycles. The lowest BCUT2D eigenvalue weighted by Gasteiger charge is -2.00. The quantitative estimate of drug-likeness (QED) is 0.869. The molecule has 5 nitrogen and oxygen atoms in total. The minimum absolute atomic E-state index is 0.648. The highest BCUT2D eigenvalue weighted by Gasteiger charge is 2.15. The molecule has 0 atom stereocenters. The lowest BCUT2D eigenvalue weighted by Crippen LogP contribution is -2.26. The van der Waals surface area contributed by atoms with Crippen molar-refractivity contribution in [2.45, 2.75) is 0 Å². The van der Waals surface area contributed by atoms with Gasteiger partial charge >= 0.3 is 0 Å². The lowest BCUT2D eigenvalue weighted by atomic mass is 10.2. The minimum atomic E-state index is -4.11. The summed E-state index contributed by atoms with van der Waals surface area (Å²) in [5.41, 5.74) is 1.30. The highest BCUT2D eigenvalue weighted by atomic mass is 32.3. The third kappa shape index (κ3) is 6.19. The average Bonchev–Trinajstić information content (AvgIpc) is 2.52. The zero-order chi connectivity index (χ0) is 16.8. The molecule has 2 rings (SSSR count). The van der Waals surface area contributed by atoms with Gasteiger partial charge in [0.1, 0.15) is 0 Å². The van der Waals surface area contributed by atoms with Crippen LogP contribution in [0.1, 0.15) is 11.1 Å². The summed E-state index contributed by atoms with van der Waals surface area (Å²) in [5, 5.41) is 1.63. The smallest absolute Gasteiger partial charge is 0.207 e. The summed E-state index contributed by atoms with van der Waals surface area (Å²) in [6, 6.07) is 17.4. The first-order valence-electron chi connectivity index (χ1n) is 6.61. The number of rotatable bonds is 6. The van der Waals surface area contributed by atoms with Crippen LogP contribution in [0.3, 0.4) is 0 Å². The van der Waals surface area contributed by atoms with Gasteiger partial charge in [0.2, 0.25) is 20.0 Å². The first-order valence-corrected chi connectivity index (χ1v) is 9.70. The van der Waals surface area contributed by atoms with Gasteiger partial charge in [0.05, 0.1) is 0 Å². The van der Waals surface area contributed by atoms with E-state index in [-0.39, 0.29) is 0 Å². The van der Waals surface area contributed by atoms with Crippen LogP contribution in [-0.2, 0) is 20.0 Å². The van der Waals surface area contributed by atoms with Crippen molar-refractivity contribution in [1.82, 2.24) is 4.13 Å². The van der Waals surface area contributed by atoms with Gasteiger partial charge in [0.25, 0.3) is 0 Å². The molecule has 0 fully saturated rings. The van der Waals surface area contributed by atoms with E-state index in [9.17, 15) is 16.8 Å². The van der Waals surface area contributed by atoms with Crippen molar-refractivity contribution >= 4 is 32.2 Å². The van der Waals surface area contributed by atoms with Crippen LogP contribution in [0, 0.1) is 0 Å². The average molecular weight is 349 g/mol. The second-order valence-corrected chi connectivity index (χ2v) is 7.99. The Hall–Kier alpha value is -2.22. The van der Waals surface area contributed by atoms with E-state index < -0.39 is 20.0 Å². The molecule has 0 heterocycles. The summed E-state index contributed by atoms with van der Waals surface area (Å²) < 4.78 is 48.9. The first-order chi connectivity index (χ1) is 10.9. The van der Waals surface area contributed by atoms with Gasteiger partial charge in [-0.05, 0) is 23.3 Å². The van der Waals surface area contributed by atoms with Crippen LogP contribution in [-0.4, -0.2) is 16.8 Å². The van der Waals surface area contributed by atoms with Gasteiger partial charge in [-0.3, -0.25) is 0 Å². The maximum Gasteiger partial charge on any atom is 0.246 e. The Bertz CT molecular complexity index is 824. The van der Waals surface area contributed by atoms with Gasteiger partial charge < -0.3 is 0 Å². The van der Waals surface area contributed by atoms with Gasteiger partial charge in [0.15, 0.2) is 0 Å². The molecule has 2 aromatic carbocycles. The predicted molar refractivity (Wildman–Crippen MR) is 91.9 cm³/mol. The molecule has 0 amide bonds. The summed E-state index contributed by atoms with van der Waals surface area (Å²) in [5.74, 6) is 0. The monoisotopic (exact) mass is 349 g/mol. The topological polar surface area (TPSA) is 80.3 Å². The van der Waals surface area contributed by atoms with Crippen molar-refractivity contribution in [3.8, 4) is 0 Å². The molecule has 120 valence electrons. The summed E-state index contributed by atoms with van der Waals surface area (Å²) in [6.07, 6.45) is 2.64. The molecule has 0 bridgehead atoms. The zero-order valence-electron chi connectivity index (χ0n) is 12.0. The molecule has 0 saturated heterocycles. The van der Waals surface area contributed by atoms with Gasteiger partial charge in [-0.1, -0.05) is 60.7 Å². The summed E-state index contributed by atoms with van der Waals surface area (Å²) in [7, 11) is -8.22. The van der Waals surface area contributed by atoms with Crippen LogP contribution >= 0.6 is 0 Å². The Morgan fingerprint density at radius 1 is 0.609 bits per heavy atom. The first kappa shape index (κ1) is 17.1. The van der Waals surface area contributed by atoms with E-state index in [2.05, 4.69) is 0 Å². The summed E-state index contributed by atoms with van der Waals surface area (Å²) in [4.78, 5) is 0. The van der Waals surface area contributed by atoms with Gasteiger partial charge in [-0.25, -0.2) is 16.8 Å². The van der Waals surface area contributed by atoms with Crippen molar-refractivity contribution in [2.24, 2.45) is 0 Å². The number of hydrogen-bond donors (Lipinski definition) is 1. The van der Waals surface area contributed by atoms with Crippen LogP contribution in [0.15, 0.2) is 71.5 Å². The predicted octanol–water partition coefficient (Wildman–Crippen LogP) is 2.58. The molecule has 0 aliphatic rings. The summed E-state index contributed by atoms with van der Waals surface area (Å²) >= 11 is 0.